The molecule has 590 valence electrons. The van der Waals surface area contributed by atoms with Crippen LogP contribution >= 0.6 is 21.6 Å². The number of carbonyl (C=O) groups is 16. The van der Waals surface area contributed by atoms with Crippen molar-refractivity contribution in [2.75, 3.05) is 44.2 Å². The van der Waals surface area contributed by atoms with Crippen molar-refractivity contribution in [3.63, 3.8) is 0 Å². The van der Waals surface area contributed by atoms with Crippen LogP contribution in [0.3, 0.4) is 0 Å². The number of hydrogen-bond donors (Lipinski definition) is 21. The minimum Gasteiger partial charge on any atom is -0.481 e. The van der Waals surface area contributed by atoms with Gasteiger partial charge in [-0.3, -0.25) is 81.7 Å². The predicted octanol–water partition coefficient (Wildman–Crippen LogP) is -5.24. The molecule has 0 aromatic rings. The molecule has 13 atom stereocenters. The molecule has 0 aliphatic carbocycles. The first-order valence-electron chi connectivity index (χ1n) is 35.0. The van der Waals surface area contributed by atoms with Crippen molar-refractivity contribution in [2.45, 2.75) is 237 Å². The van der Waals surface area contributed by atoms with Crippen LogP contribution in [0.25, 0.3) is 0 Å². The van der Waals surface area contributed by atoms with Crippen molar-refractivity contribution in [1.82, 2.24) is 69.1 Å². The lowest BCUT2D eigenvalue weighted by Crippen LogP contribution is -2.61. The molecule has 38 nitrogen and oxygen atoms in total. The zero-order valence-electron chi connectivity index (χ0n) is 60.8. The largest absolute Gasteiger partial charge is 0.481 e. The summed E-state index contributed by atoms with van der Waals surface area (Å²) in [6, 6.07) is -17.8. The van der Waals surface area contributed by atoms with Crippen LogP contribution < -0.4 is 104 Å². The van der Waals surface area contributed by atoms with Gasteiger partial charge in [-0.15, -0.1) is 0 Å². The molecule has 104 heavy (non-hydrogen) atoms. The van der Waals surface area contributed by atoms with Gasteiger partial charge in [-0.1, -0.05) is 69.6 Å². The standard InChI is InChI=1S/C64H114N20O18S2/c1-9-35(6)51-63(102)79-41(19-12-15-25-67)58(97)80-43(27-33(2)3)60(99)78-40(18-11-14-24-66)57(96)82-45(29-50(89)90)54(93)72-30-48(86)75-38(20-16-26-71-64(69)70)56(95)77-39(17-10-13-23-65)55(94)73-36(7)53(92)76-42(21-22-49(87)88)59(98)83-46(52(68)91)31-103-104-32-47(74-37(8)85)62(101)81-44(28-34(4)5)61(100)84-51/h33-36,38-47,51H,9-32,65-67H2,1-8H3,(H2,68,91)(H,72,93)(H,73,94)(H,74,85)(H,75,86)(H,76,92)(H,77,95)(H,78,99)(H,79,102)(H,80,97)(H,81,101)(H,82,96)(H,83,98)(H,84,100)(H,87,88)(H,89,90)(H4,69,70,71)/t35-,36-,38-,39-,40-,41-,42-,43-,44-,45-,46-,47-,51-/m0/s1. The zero-order chi connectivity index (χ0) is 78.8. The molecule has 0 unspecified atom stereocenters. The summed E-state index contributed by atoms with van der Waals surface area (Å²) in [7, 11) is 1.85. The molecule has 1 aliphatic rings. The van der Waals surface area contributed by atoms with Gasteiger partial charge in [0.15, 0.2) is 5.96 Å². The maximum atomic E-state index is 14.6. The Morgan fingerprint density at radius 2 is 0.904 bits per heavy atom. The third-order valence-electron chi connectivity index (χ3n) is 16.2. The van der Waals surface area contributed by atoms with E-state index in [4.69, 9.17) is 34.4 Å². The number of unbranched alkanes of at least 4 members (excludes halogenated alkanes) is 3. The number of rotatable bonds is 29. The first kappa shape index (κ1) is 93.4. The lowest BCUT2D eigenvalue weighted by atomic mass is 9.96. The van der Waals surface area contributed by atoms with E-state index in [-0.39, 0.29) is 113 Å². The monoisotopic (exact) mass is 1510 g/mol. The van der Waals surface area contributed by atoms with E-state index in [1.54, 1.807) is 41.5 Å². The Hall–Kier alpha value is -8.63. The molecule has 1 rings (SSSR count). The highest BCUT2D eigenvalue weighted by atomic mass is 33.1. The fourth-order valence-corrected chi connectivity index (χ4v) is 12.6. The number of hydrogen-bond acceptors (Lipinski definition) is 22. The van der Waals surface area contributed by atoms with Gasteiger partial charge in [-0.2, -0.15) is 0 Å². The Morgan fingerprint density at radius 3 is 1.37 bits per heavy atom. The predicted molar refractivity (Wildman–Crippen MR) is 388 cm³/mol. The van der Waals surface area contributed by atoms with E-state index in [1.807, 2.05) is 0 Å². The average Bonchev–Trinajstić information content (AvgIpc) is 0.855. The van der Waals surface area contributed by atoms with Crippen LogP contribution in [-0.2, 0) is 76.7 Å². The second-order valence-electron chi connectivity index (χ2n) is 26.2. The van der Waals surface area contributed by atoms with E-state index in [0.29, 0.717) is 32.1 Å². The van der Waals surface area contributed by atoms with Gasteiger partial charge in [-0.25, -0.2) is 0 Å². The highest BCUT2D eigenvalue weighted by molar-refractivity contribution is 8.76. The molecule has 27 N–H and O–H groups in total. The smallest absolute Gasteiger partial charge is 0.305 e. The Labute approximate surface area is 614 Å². The fraction of sp³-hybridized carbons (Fsp3) is 0.734. The minimum absolute atomic E-state index is 0.0149. The number of nitrogens with two attached hydrogens (primary N) is 6. The molecule has 1 saturated heterocycles. The summed E-state index contributed by atoms with van der Waals surface area (Å²) in [5.41, 5.74) is 34.1. The quantitative estimate of drug-likeness (QED) is 0.0144. The molecular weight excluding hydrogens is 1400 g/mol. The molecule has 0 saturated carbocycles. The Bertz CT molecular complexity index is 2910. The summed E-state index contributed by atoms with van der Waals surface area (Å²) in [5, 5.41) is 52.4. The van der Waals surface area contributed by atoms with Crippen LogP contribution in [-0.4, -0.2) is 228 Å². The third-order valence-corrected chi connectivity index (χ3v) is 18.6. The van der Waals surface area contributed by atoms with Gasteiger partial charge in [0.25, 0.3) is 0 Å². The van der Waals surface area contributed by atoms with Crippen LogP contribution in [0, 0.1) is 17.8 Å². The van der Waals surface area contributed by atoms with Gasteiger partial charge in [0.05, 0.1) is 13.0 Å². The Kier molecular flexibility index (Phi) is 45.5. The highest BCUT2D eigenvalue weighted by Crippen LogP contribution is 2.24. The van der Waals surface area contributed by atoms with Crippen molar-refractivity contribution in [3.05, 3.63) is 0 Å². The van der Waals surface area contributed by atoms with Crippen LogP contribution in [0.2, 0.25) is 0 Å². The summed E-state index contributed by atoms with van der Waals surface area (Å²) in [4.78, 5) is 224. The van der Waals surface area contributed by atoms with Crippen LogP contribution in [0.1, 0.15) is 165 Å². The maximum absolute atomic E-state index is 14.6. The molecule has 1 aliphatic heterocycles. The molecule has 0 radical (unpaired) electrons. The summed E-state index contributed by atoms with van der Waals surface area (Å²) >= 11 is 0. The average molecular weight is 1520 g/mol. The second-order valence-corrected chi connectivity index (χ2v) is 28.8. The molecule has 0 bridgehead atoms. The van der Waals surface area contributed by atoms with Gasteiger partial charge < -0.3 is 114 Å². The van der Waals surface area contributed by atoms with Gasteiger partial charge in [-0.05, 0) is 134 Å². The number of aliphatic carboxylic acids is 2. The first-order valence-corrected chi connectivity index (χ1v) is 37.5. The number of amides is 14. The zero-order valence-corrected chi connectivity index (χ0v) is 62.4. The molecule has 1 heterocycles. The number of nitrogens with zero attached hydrogens (tertiary/aromatic N) is 1. The summed E-state index contributed by atoms with van der Waals surface area (Å²) in [6.45, 7) is 12.3. The van der Waals surface area contributed by atoms with Crippen molar-refractivity contribution in [2.24, 2.45) is 57.1 Å². The topological polar surface area (TPSA) is 638 Å². The van der Waals surface area contributed by atoms with Gasteiger partial charge in [0, 0.05) is 31.4 Å². The van der Waals surface area contributed by atoms with E-state index in [9.17, 15) is 86.9 Å². The van der Waals surface area contributed by atoms with Crippen LogP contribution in [0.5, 0.6) is 0 Å². The van der Waals surface area contributed by atoms with Crippen molar-refractivity contribution in [1.29, 1.82) is 0 Å². The summed E-state index contributed by atoms with van der Waals surface area (Å²) in [5.74, 6) is -18.2. The maximum Gasteiger partial charge on any atom is 0.305 e. The van der Waals surface area contributed by atoms with Crippen molar-refractivity contribution < 1.29 is 86.9 Å². The lowest BCUT2D eigenvalue weighted by Gasteiger charge is -2.30. The molecule has 14 amide bonds. The van der Waals surface area contributed by atoms with Crippen molar-refractivity contribution >= 4 is 122 Å². The fourth-order valence-electron chi connectivity index (χ4n) is 10.3. The van der Waals surface area contributed by atoms with E-state index in [1.165, 1.54) is 6.92 Å². The van der Waals surface area contributed by atoms with Gasteiger partial charge in [0.1, 0.15) is 72.5 Å². The number of carboxylic acid groups (broad SMARTS) is 2. The molecule has 0 spiro atoms. The van der Waals surface area contributed by atoms with E-state index in [0.717, 1.165) is 28.5 Å². The Balaban J connectivity index is 4.19. The molecule has 40 heteroatoms. The van der Waals surface area contributed by atoms with E-state index < -0.39 is 199 Å². The molecule has 0 aromatic heterocycles. The number of carbonyl (C=O) groups excluding carboxylic acids is 14. The SMILES string of the molecule is CC[C@H](C)[C@@H]1NC(=O)[C@H](CC(C)C)NC(=O)[C@@H](NC(C)=O)CSSC[C@@H](C(N)=O)NC(=O)[C@H](CCC(=O)O)NC(=O)[C@H](C)NC(=O)[C@H](CCCCN)NC(=O)[C@H](CCCN=C(N)N)NC(=O)CNC(=O)[C@H](CC(=O)O)NC(=O)[C@H](CCCCN)NC(=O)[C@H](CC(C)C)NC(=O)[C@H](CCCCN)NC1=O. The minimum atomic E-state index is -1.90. The summed E-state index contributed by atoms with van der Waals surface area (Å²) in [6.07, 6.45) is -0.578. The number of nitrogens with one attached hydrogen (secondary N) is 13. The molecule has 0 aromatic carbocycles. The highest BCUT2D eigenvalue weighted by Gasteiger charge is 2.38. The number of aliphatic imine (C=N–C) groups is 1. The van der Waals surface area contributed by atoms with Crippen molar-refractivity contribution in [3.8, 4) is 0 Å². The first-order chi connectivity index (χ1) is 49.0. The summed E-state index contributed by atoms with van der Waals surface area (Å²) < 4.78 is 0. The number of primary amides is 1. The second kappa shape index (κ2) is 50.7. The van der Waals surface area contributed by atoms with Gasteiger partial charge in [0.2, 0.25) is 82.7 Å². The van der Waals surface area contributed by atoms with E-state index >= 15 is 0 Å². The van der Waals surface area contributed by atoms with Crippen LogP contribution in [0.15, 0.2) is 4.99 Å². The van der Waals surface area contributed by atoms with Crippen LogP contribution in [0.4, 0.5) is 0 Å². The number of carboxylic acids is 2. The third kappa shape index (κ3) is 38.2. The van der Waals surface area contributed by atoms with Gasteiger partial charge >= 0.3 is 11.9 Å². The Morgan fingerprint density at radius 1 is 0.490 bits per heavy atom. The molecule has 1 fully saturated rings. The lowest BCUT2D eigenvalue weighted by molar-refractivity contribution is -0.141. The normalized spacial score (nSPS) is 24.8. The molecular formula is C64H114N20O18S2. The van der Waals surface area contributed by atoms with E-state index in [2.05, 4.69) is 74.1 Å². The number of guanidine groups is 1.